The van der Waals surface area contributed by atoms with Crippen LogP contribution in [0.4, 0.5) is 34.5 Å². The molecule has 4 rings (SSSR count). The molecule has 1 aromatic heterocycles. The molecule has 1 aromatic carbocycles. The highest BCUT2D eigenvalue weighted by Crippen LogP contribution is 2.35. The summed E-state index contributed by atoms with van der Waals surface area (Å²) in [6.07, 6.45) is -3.90. The highest BCUT2D eigenvalue weighted by atomic mass is 32.1. The zero-order valence-corrected chi connectivity index (χ0v) is 21.6. The average Bonchev–Trinajstić information content (AvgIpc) is 3.49. The molecule has 2 aromatic rings. The minimum atomic E-state index is -5.08. The summed E-state index contributed by atoms with van der Waals surface area (Å²) in [6, 6.07) is 6.71. The standard InChI is InChI=1S/C21H23N5O6S.C2HF3O2/c1-21(18(29)30)7-2-8-25(17(21)28)12-3-5-13(6-4-12)26-11-14(32-20(26)31)9-23-16(27)15-10-24-19(22)33-15;3-2(4,5)1(6)7/h3-6,10,14H,2,7-9,11H2,1H3,(H2,22,24)(H,23,27)(H,29,30);(H,6,7)/t14-,21?;/m0./s1. The fraction of sp³-hybridized carbons (Fsp3) is 0.391. The van der Waals surface area contributed by atoms with Crippen molar-refractivity contribution in [1.82, 2.24) is 10.3 Å². The molecule has 13 nitrogen and oxygen atoms in total. The van der Waals surface area contributed by atoms with E-state index in [0.29, 0.717) is 40.8 Å². The van der Waals surface area contributed by atoms with Crippen molar-refractivity contribution in [2.24, 2.45) is 5.41 Å². The predicted octanol–water partition coefficient (Wildman–Crippen LogP) is 2.33. The number of carboxylic acid groups (broad SMARTS) is 2. The maximum absolute atomic E-state index is 12.8. The number of cyclic esters (lactones) is 1. The molecule has 3 amide bonds. The van der Waals surface area contributed by atoms with Crippen LogP contribution in [0.25, 0.3) is 0 Å². The van der Waals surface area contributed by atoms with E-state index in [0.717, 1.165) is 11.3 Å². The second-order valence-corrected chi connectivity index (χ2v) is 9.97. The Morgan fingerprint density at radius 1 is 1.18 bits per heavy atom. The first-order chi connectivity index (χ1) is 18.6. The number of nitrogens with one attached hydrogen (secondary N) is 1. The third-order valence-electron chi connectivity index (χ3n) is 6.07. The van der Waals surface area contributed by atoms with Gasteiger partial charge in [0.15, 0.2) is 5.13 Å². The maximum atomic E-state index is 12.8. The predicted molar refractivity (Wildman–Crippen MR) is 134 cm³/mol. The minimum absolute atomic E-state index is 0.132. The van der Waals surface area contributed by atoms with Crippen LogP contribution >= 0.6 is 11.3 Å². The van der Waals surface area contributed by atoms with Crippen LogP contribution in [-0.4, -0.2) is 77.0 Å². The number of ether oxygens (including phenoxy) is 1. The van der Waals surface area contributed by atoms with E-state index in [9.17, 15) is 37.5 Å². The number of piperidine rings is 1. The number of aliphatic carboxylic acids is 2. The van der Waals surface area contributed by atoms with Gasteiger partial charge in [-0.15, -0.1) is 0 Å². The lowest BCUT2D eigenvalue weighted by atomic mass is 9.81. The van der Waals surface area contributed by atoms with Crippen LogP contribution in [0.1, 0.15) is 29.4 Å². The van der Waals surface area contributed by atoms with Crippen molar-refractivity contribution in [2.45, 2.75) is 32.0 Å². The number of nitrogen functional groups attached to an aromatic ring is 1. The largest absolute Gasteiger partial charge is 0.490 e. The first-order valence-corrected chi connectivity index (χ1v) is 12.4. The van der Waals surface area contributed by atoms with E-state index in [1.807, 2.05) is 0 Å². The zero-order chi connectivity index (χ0) is 29.8. The van der Waals surface area contributed by atoms with Gasteiger partial charge < -0.3 is 30.9 Å². The molecular weight excluding hydrogens is 563 g/mol. The molecule has 0 radical (unpaired) electrons. The molecule has 0 saturated carbocycles. The number of nitrogens with zero attached hydrogens (tertiary/aromatic N) is 3. The fourth-order valence-electron chi connectivity index (χ4n) is 3.88. The van der Waals surface area contributed by atoms with Crippen molar-refractivity contribution < 1.29 is 52.1 Å². The van der Waals surface area contributed by atoms with Gasteiger partial charge >= 0.3 is 24.2 Å². The number of nitrogens with two attached hydrogens (primary N) is 1. The van der Waals surface area contributed by atoms with E-state index in [2.05, 4.69) is 10.3 Å². The van der Waals surface area contributed by atoms with Gasteiger partial charge in [0.1, 0.15) is 16.4 Å². The normalized spacial score (nSPS) is 20.9. The SMILES string of the molecule is CC1(C(=O)O)CCCN(c2ccc(N3C[C@H](CNC(=O)c4cnc(N)s4)OC3=O)cc2)C1=O.O=C(O)C(F)(F)F. The molecule has 2 fully saturated rings. The van der Waals surface area contributed by atoms with E-state index in [4.69, 9.17) is 20.4 Å². The number of alkyl halides is 3. The maximum Gasteiger partial charge on any atom is 0.490 e. The van der Waals surface area contributed by atoms with Crippen LogP contribution in [-0.2, 0) is 19.1 Å². The van der Waals surface area contributed by atoms with E-state index in [1.165, 1.54) is 22.9 Å². The number of hydrogen-bond donors (Lipinski definition) is 4. The van der Waals surface area contributed by atoms with Gasteiger partial charge in [0.05, 0.1) is 19.3 Å². The van der Waals surface area contributed by atoms with Gasteiger partial charge in [0.25, 0.3) is 5.91 Å². The number of aromatic nitrogens is 1. The third-order valence-corrected chi connectivity index (χ3v) is 6.90. The van der Waals surface area contributed by atoms with Gasteiger partial charge in [-0.25, -0.2) is 14.6 Å². The number of hydrogen-bond acceptors (Lipinski definition) is 9. The molecular formula is C23H24F3N5O8S. The number of amides is 3. The van der Waals surface area contributed by atoms with Crippen molar-refractivity contribution in [2.75, 3.05) is 35.2 Å². The van der Waals surface area contributed by atoms with E-state index >= 15 is 0 Å². The van der Waals surface area contributed by atoms with Gasteiger partial charge in [-0.1, -0.05) is 11.3 Å². The number of carbonyl (C=O) groups excluding carboxylic acids is 3. The summed E-state index contributed by atoms with van der Waals surface area (Å²) in [5, 5.41) is 19.6. The summed E-state index contributed by atoms with van der Waals surface area (Å²) >= 11 is 1.07. The summed E-state index contributed by atoms with van der Waals surface area (Å²) in [4.78, 5) is 64.8. The van der Waals surface area contributed by atoms with Crippen LogP contribution in [0.3, 0.4) is 0 Å². The second kappa shape index (κ2) is 11.8. The smallest absolute Gasteiger partial charge is 0.480 e. The molecule has 2 saturated heterocycles. The monoisotopic (exact) mass is 587 g/mol. The van der Waals surface area contributed by atoms with Crippen molar-refractivity contribution in [3.8, 4) is 0 Å². The Labute approximate surface area is 228 Å². The average molecular weight is 588 g/mol. The molecule has 0 spiro atoms. The number of thiazole rings is 1. The summed E-state index contributed by atoms with van der Waals surface area (Å²) < 4.78 is 37.1. The van der Waals surface area contributed by atoms with Crippen molar-refractivity contribution >= 4 is 57.7 Å². The van der Waals surface area contributed by atoms with Gasteiger partial charge in [-0.2, -0.15) is 13.2 Å². The summed E-state index contributed by atoms with van der Waals surface area (Å²) in [5.74, 6) is -4.69. The highest BCUT2D eigenvalue weighted by molar-refractivity contribution is 7.17. The van der Waals surface area contributed by atoms with Crippen LogP contribution < -0.4 is 20.9 Å². The molecule has 0 aliphatic carbocycles. The second-order valence-electron chi connectivity index (χ2n) is 8.91. The number of carboxylic acids is 2. The van der Waals surface area contributed by atoms with Gasteiger partial charge in [0, 0.05) is 17.9 Å². The zero-order valence-electron chi connectivity index (χ0n) is 20.8. The lowest BCUT2D eigenvalue weighted by molar-refractivity contribution is -0.192. The van der Waals surface area contributed by atoms with Crippen LogP contribution in [0, 0.1) is 5.41 Å². The molecule has 2 aliphatic heterocycles. The van der Waals surface area contributed by atoms with Gasteiger partial charge in [-0.3, -0.25) is 19.3 Å². The summed E-state index contributed by atoms with van der Waals surface area (Å²) in [7, 11) is 0. The van der Waals surface area contributed by atoms with E-state index < -0.39 is 41.6 Å². The molecule has 2 atom stereocenters. The summed E-state index contributed by atoms with van der Waals surface area (Å²) in [6.45, 7) is 2.25. The Balaban J connectivity index is 0.000000559. The molecule has 2 aliphatic rings. The van der Waals surface area contributed by atoms with Gasteiger partial charge in [0.2, 0.25) is 5.91 Å². The number of halogens is 3. The van der Waals surface area contributed by atoms with E-state index in [1.54, 1.807) is 24.3 Å². The molecule has 1 unspecified atom stereocenters. The Hall–Kier alpha value is -4.41. The van der Waals surface area contributed by atoms with Crippen molar-refractivity contribution in [1.29, 1.82) is 0 Å². The van der Waals surface area contributed by atoms with Crippen LogP contribution in [0.15, 0.2) is 30.5 Å². The number of carbonyl (C=O) groups is 5. The molecule has 216 valence electrons. The molecule has 0 bridgehead atoms. The third kappa shape index (κ3) is 6.77. The Kier molecular flexibility index (Phi) is 8.87. The topological polar surface area (TPSA) is 192 Å². The fourth-order valence-corrected chi connectivity index (χ4v) is 4.48. The number of rotatable bonds is 6. The first-order valence-electron chi connectivity index (χ1n) is 11.6. The van der Waals surface area contributed by atoms with E-state index in [-0.39, 0.29) is 19.0 Å². The number of anilines is 3. The van der Waals surface area contributed by atoms with Gasteiger partial charge in [-0.05, 0) is 44.0 Å². The molecule has 3 heterocycles. The van der Waals surface area contributed by atoms with Crippen LogP contribution in [0.2, 0.25) is 0 Å². The Morgan fingerprint density at radius 2 is 1.75 bits per heavy atom. The minimum Gasteiger partial charge on any atom is -0.480 e. The van der Waals surface area contributed by atoms with Crippen molar-refractivity contribution in [3.63, 3.8) is 0 Å². The van der Waals surface area contributed by atoms with Crippen molar-refractivity contribution in [3.05, 3.63) is 35.3 Å². The lowest BCUT2D eigenvalue weighted by Gasteiger charge is -2.36. The van der Waals surface area contributed by atoms with Crippen LogP contribution in [0.5, 0.6) is 0 Å². The Morgan fingerprint density at radius 3 is 2.25 bits per heavy atom. The molecule has 17 heteroatoms. The lowest BCUT2D eigenvalue weighted by Crippen LogP contribution is -2.51. The summed E-state index contributed by atoms with van der Waals surface area (Å²) in [5.41, 5.74) is 5.22. The quantitative estimate of drug-likeness (QED) is 0.365. The molecule has 5 N–H and O–H groups in total. The molecule has 40 heavy (non-hydrogen) atoms. The number of benzene rings is 1. The Bertz CT molecular complexity index is 1300. The first kappa shape index (κ1) is 30.1. The highest BCUT2D eigenvalue weighted by Gasteiger charge is 2.46.